The third-order valence-electron chi connectivity index (χ3n) is 9.30. The van der Waals surface area contributed by atoms with Gasteiger partial charge < -0.3 is 19.5 Å². The second-order valence-electron chi connectivity index (χ2n) is 12.0. The summed E-state index contributed by atoms with van der Waals surface area (Å²) in [6.45, 7) is 11.4. The summed E-state index contributed by atoms with van der Waals surface area (Å²) < 4.78 is 2.01. The standard InChI is InChI=1S/C32H43N5O2/c1-6-24(7-2)25-8-10-27(11-9-25)32(39,31(4)20-35(5)21-31)28-16-29(18-33-17-28)37-19-30(34-22-37)26-12-14-36(15-13-26)23(3)38/h8-11,16-19,22,24,26,39H,6-7,12-15,20-21H2,1-5H3. The number of imidazole rings is 1. The highest BCUT2D eigenvalue weighted by atomic mass is 16.3. The number of pyridine rings is 1. The first-order chi connectivity index (χ1) is 18.7. The molecule has 0 bridgehead atoms. The number of nitrogens with zero attached hydrogens (tertiary/aromatic N) is 5. The zero-order valence-corrected chi connectivity index (χ0v) is 24.1. The third kappa shape index (κ3) is 5.03. The molecule has 1 unspecified atom stereocenters. The Balaban J connectivity index is 1.46. The van der Waals surface area contributed by atoms with Crippen LogP contribution in [0.4, 0.5) is 0 Å². The monoisotopic (exact) mass is 529 g/mol. The van der Waals surface area contributed by atoms with Crippen LogP contribution < -0.4 is 0 Å². The molecule has 0 aliphatic carbocycles. The van der Waals surface area contributed by atoms with Crippen LogP contribution in [0.5, 0.6) is 0 Å². The molecule has 5 rings (SSSR count). The molecule has 2 saturated heterocycles. The molecule has 2 aromatic heterocycles. The van der Waals surface area contributed by atoms with Gasteiger partial charge in [-0.2, -0.15) is 0 Å². The van der Waals surface area contributed by atoms with Crippen molar-refractivity contribution in [3.8, 4) is 5.69 Å². The lowest BCUT2D eigenvalue weighted by atomic mass is 9.62. The second kappa shape index (κ2) is 10.9. The van der Waals surface area contributed by atoms with Gasteiger partial charge in [-0.05, 0) is 55.8 Å². The van der Waals surface area contributed by atoms with E-state index >= 15 is 0 Å². The zero-order chi connectivity index (χ0) is 27.8. The van der Waals surface area contributed by atoms with Crippen molar-refractivity contribution in [3.05, 3.63) is 77.6 Å². The number of hydrogen-bond acceptors (Lipinski definition) is 5. The maximum atomic E-state index is 12.6. The summed E-state index contributed by atoms with van der Waals surface area (Å²) in [6, 6.07) is 10.7. The van der Waals surface area contributed by atoms with E-state index in [1.54, 1.807) is 6.92 Å². The number of amides is 1. The molecule has 2 aliphatic rings. The van der Waals surface area contributed by atoms with E-state index in [1.807, 2.05) is 28.2 Å². The van der Waals surface area contributed by atoms with Gasteiger partial charge >= 0.3 is 0 Å². The highest BCUT2D eigenvalue weighted by molar-refractivity contribution is 5.73. The fourth-order valence-corrected chi connectivity index (χ4v) is 6.94. The van der Waals surface area contributed by atoms with Crippen LogP contribution in [-0.2, 0) is 10.4 Å². The molecule has 1 atom stereocenters. The van der Waals surface area contributed by atoms with Gasteiger partial charge in [0, 0.05) is 62.4 Å². The molecular weight excluding hydrogens is 486 g/mol. The quantitative estimate of drug-likeness (QED) is 0.440. The van der Waals surface area contributed by atoms with Crippen LogP contribution in [0.2, 0.25) is 0 Å². The van der Waals surface area contributed by atoms with E-state index in [-0.39, 0.29) is 11.3 Å². The molecule has 7 heteroatoms. The molecule has 39 heavy (non-hydrogen) atoms. The fourth-order valence-electron chi connectivity index (χ4n) is 6.94. The zero-order valence-electron chi connectivity index (χ0n) is 24.1. The number of rotatable bonds is 8. The van der Waals surface area contributed by atoms with E-state index in [9.17, 15) is 9.90 Å². The predicted octanol–water partition coefficient (Wildman–Crippen LogP) is 5.08. The summed E-state index contributed by atoms with van der Waals surface area (Å²) in [5.74, 6) is 1.02. The molecule has 208 valence electrons. The van der Waals surface area contributed by atoms with Crippen LogP contribution in [-0.4, -0.2) is 68.6 Å². The Labute approximate surface area is 232 Å². The topological polar surface area (TPSA) is 74.5 Å². The molecule has 1 N–H and O–H groups in total. The van der Waals surface area contributed by atoms with Gasteiger partial charge in [-0.1, -0.05) is 45.0 Å². The Morgan fingerprint density at radius 3 is 2.36 bits per heavy atom. The summed E-state index contributed by atoms with van der Waals surface area (Å²) >= 11 is 0. The molecule has 1 aromatic carbocycles. The number of aromatic nitrogens is 3. The first-order valence-corrected chi connectivity index (χ1v) is 14.4. The summed E-state index contributed by atoms with van der Waals surface area (Å²) in [6.07, 6.45) is 11.6. The number of benzene rings is 1. The summed E-state index contributed by atoms with van der Waals surface area (Å²) in [4.78, 5) is 25.2. The summed E-state index contributed by atoms with van der Waals surface area (Å²) in [5, 5.41) is 12.6. The number of aliphatic hydroxyl groups is 1. The van der Waals surface area contributed by atoms with Crippen molar-refractivity contribution in [2.24, 2.45) is 5.41 Å². The van der Waals surface area contributed by atoms with Crippen molar-refractivity contribution in [2.75, 3.05) is 33.2 Å². The Morgan fingerprint density at radius 2 is 1.77 bits per heavy atom. The normalized spacial score (nSPS) is 19.6. The van der Waals surface area contributed by atoms with E-state index in [1.165, 1.54) is 5.56 Å². The SMILES string of the molecule is CCC(CC)c1ccc(C(O)(c2cncc(-n3cnc(C4CCN(C(C)=O)CC4)c3)c2)C2(C)CN(C)C2)cc1. The second-order valence-corrected chi connectivity index (χ2v) is 12.0. The molecule has 0 radical (unpaired) electrons. The Bertz CT molecular complexity index is 1280. The fraction of sp³-hybridized carbons (Fsp3) is 0.531. The molecule has 0 saturated carbocycles. The van der Waals surface area contributed by atoms with E-state index in [4.69, 9.17) is 4.98 Å². The molecule has 7 nitrogen and oxygen atoms in total. The first-order valence-electron chi connectivity index (χ1n) is 14.4. The average Bonchev–Trinajstić information content (AvgIpc) is 3.43. The highest BCUT2D eigenvalue weighted by Gasteiger charge is 2.55. The molecule has 1 amide bonds. The molecule has 4 heterocycles. The van der Waals surface area contributed by atoms with Crippen LogP contribution in [0.25, 0.3) is 5.69 Å². The minimum absolute atomic E-state index is 0.144. The van der Waals surface area contributed by atoms with Gasteiger partial charge in [0.05, 0.1) is 23.9 Å². The maximum Gasteiger partial charge on any atom is 0.219 e. The van der Waals surface area contributed by atoms with Crippen molar-refractivity contribution in [3.63, 3.8) is 0 Å². The third-order valence-corrected chi connectivity index (χ3v) is 9.30. The van der Waals surface area contributed by atoms with Crippen molar-refractivity contribution >= 4 is 5.91 Å². The largest absolute Gasteiger partial charge is 0.380 e. The predicted molar refractivity (Wildman–Crippen MR) is 154 cm³/mol. The number of piperidine rings is 1. The number of carbonyl (C=O) groups is 1. The Hall–Kier alpha value is -3.03. The van der Waals surface area contributed by atoms with Crippen molar-refractivity contribution in [2.45, 2.75) is 70.8 Å². The van der Waals surface area contributed by atoms with Gasteiger partial charge in [0.2, 0.25) is 5.91 Å². The van der Waals surface area contributed by atoms with E-state index in [0.717, 1.165) is 74.4 Å². The Kier molecular flexibility index (Phi) is 7.66. The molecule has 3 aromatic rings. The minimum Gasteiger partial charge on any atom is -0.380 e. The average molecular weight is 530 g/mol. The van der Waals surface area contributed by atoms with Gasteiger partial charge in [-0.25, -0.2) is 4.98 Å². The lowest BCUT2D eigenvalue weighted by molar-refractivity contribution is -0.129. The molecule has 0 spiro atoms. The molecule has 2 fully saturated rings. The number of likely N-dealkylation sites (tertiary alicyclic amines) is 2. The summed E-state index contributed by atoms with van der Waals surface area (Å²) in [7, 11) is 2.10. The van der Waals surface area contributed by atoms with Crippen LogP contribution >= 0.6 is 0 Å². The highest BCUT2D eigenvalue weighted by Crippen LogP contribution is 2.50. The number of hydrogen-bond donors (Lipinski definition) is 1. The molecule has 2 aliphatic heterocycles. The van der Waals surface area contributed by atoms with Gasteiger partial charge in [-0.3, -0.25) is 9.78 Å². The summed E-state index contributed by atoms with van der Waals surface area (Å²) in [5.41, 5.74) is 3.45. The van der Waals surface area contributed by atoms with Crippen LogP contribution in [0.1, 0.15) is 87.6 Å². The van der Waals surface area contributed by atoms with Crippen molar-refractivity contribution < 1.29 is 9.90 Å². The van der Waals surface area contributed by atoms with Crippen molar-refractivity contribution in [1.29, 1.82) is 0 Å². The van der Waals surface area contributed by atoms with Crippen LogP contribution in [0.15, 0.2) is 55.2 Å². The van der Waals surface area contributed by atoms with Gasteiger partial charge in [0.1, 0.15) is 5.60 Å². The van der Waals surface area contributed by atoms with Gasteiger partial charge in [0.15, 0.2) is 0 Å². The first kappa shape index (κ1) is 27.5. The molecular formula is C32H43N5O2. The number of carbonyl (C=O) groups excluding carboxylic acids is 1. The minimum atomic E-state index is -1.18. The van der Waals surface area contributed by atoms with E-state index in [2.05, 4.69) is 74.2 Å². The van der Waals surface area contributed by atoms with Crippen molar-refractivity contribution in [1.82, 2.24) is 24.3 Å². The maximum absolute atomic E-state index is 12.6. The van der Waals surface area contributed by atoms with E-state index < -0.39 is 5.60 Å². The van der Waals surface area contributed by atoms with E-state index in [0.29, 0.717) is 11.8 Å². The van der Waals surface area contributed by atoms with Gasteiger partial charge in [0.25, 0.3) is 0 Å². The lowest BCUT2D eigenvalue weighted by Gasteiger charge is -2.55. The van der Waals surface area contributed by atoms with Crippen LogP contribution in [0.3, 0.4) is 0 Å². The van der Waals surface area contributed by atoms with Gasteiger partial charge in [-0.15, -0.1) is 0 Å². The Morgan fingerprint density at radius 1 is 1.10 bits per heavy atom. The van der Waals surface area contributed by atoms with Crippen LogP contribution in [0, 0.1) is 5.41 Å². The smallest absolute Gasteiger partial charge is 0.219 e. The lowest BCUT2D eigenvalue weighted by Crippen LogP contribution is -2.63.